The van der Waals surface area contributed by atoms with Crippen molar-refractivity contribution in [3.63, 3.8) is 0 Å². The number of aromatic nitrogens is 4. The van der Waals surface area contributed by atoms with Gasteiger partial charge in [-0.15, -0.1) is 0 Å². The molecule has 8 nitrogen and oxygen atoms in total. The number of fused-ring (bicyclic) bond motifs is 1. The maximum absolute atomic E-state index is 12.4. The summed E-state index contributed by atoms with van der Waals surface area (Å²) < 4.78 is 7.23. The average Bonchev–Trinajstić information content (AvgIpc) is 3.10. The molecule has 1 saturated heterocycles. The number of anilines is 1. The molecule has 1 aromatic carbocycles. The van der Waals surface area contributed by atoms with Crippen LogP contribution in [0.1, 0.15) is 11.5 Å². The number of morpholine rings is 1. The first-order valence-electron chi connectivity index (χ1n) is 9.03. The van der Waals surface area contributed by atoms with Gasteiger partial charge in [0.2, 0.25) is 5.91 Å². The number of hydrogen-bond acceptors (Lipinski definition) is 6. The predicted molar refractivity (Wildman–Crippen MR) is 101 cm³/mol. The Bertz CT molecular complexity index is 948. The molecule has 1 aliphatic heterocycles. The molecule has 0 aliphatic carbocycles. The zero-order valence-electron chi connectivity index (χ0n) is 15.3. The van der Waals surface area contributed by atoms with Crippen molar-refractivity contribution >= 4 is 22.8 Å². The van der Waals surface area contributed by atoms with Crippen molar-refractivity contribution in [3.05, 3.63) is 48.2 Å². The van der Waals surface area contributed by atoms with Crippen LogP contribution in [0.25, 0.3) is 11.0 Å². The van der Waals surface area contributed by atoms with Gasteiger partial charge in [0.05, 0.1) is 37.1 Å². The number of carbonyl (C=O) groups is 1. The third-order valence-corrected chi connectivity index (χ3v) is 4.51. The van der Waals surface area contributed by atoms with Gasteiger partial charge in [0.15, 0.2) is 0 Å². The van der Waals surface area contributed by atoms with E-state index in [-0.39, 0.29) is 12.5 Å². The first kappa shape index (κ1) is 17.4. The largest absolute Gasteiger partial charge is 0.378 e. The van der Waals surface area contributed by atoms with E-state index >= 15 is 0 Å². The van der Waals surface area contributed by atoms with Gasteiger partial charge in [-0.2, -0.15) is 0 Å². The molecule has 1 fully saturated rings. The van der Waals surface area contributed by atoms with Gasteiger partial charge in [0.25, 0.3) is 0 Å². The van der Waals surface area contributed by atoms with Crippen molar-refractivity contribution in [2.45, 2.75) is 20.0 Å². The Morgan fingerprint density at radius 3 is 2.89 bits per heavy atom. The molecule has 27 heavy (non-hydrogen) atoms. The number of imidazole rings is 1. The molecule has 8 heteroatoms. The van der Waals surface area contributed by atoms with Gasteiger partial charge in [-0.25, -0.2) is 15.0 Å². The van der Waals surface area contributed by atoms with Crippen LogP contribution < -0.4 is 10.2 Å². The highest BCUT2D eigenvalue weighted by molar-refractivity contribution is 5.80. The minimum atomic E-state index is -0.101. The Morgan fingerprint density at radius 2 is 2.04 bits per heavy atom. The van der Waals surface area contributed by atoms with Crippen LogP contribution in [0.15, 0.2) is 36.7 Å². The molecular weight excluding hydrogens is 344 g/mol. The molecule has 0 unspecified atom stereocenters. The number of carbonyl (C=O) groups excluding carboxylic acids is 1. The molecule has 3 aromatic rings. The lowest BCUT2D eigenvalue weighted by molar-refractivity contribution is -0.121. The minimum absolute atomic E-state index is 0.101. The molecule has 1 aliphatic rings. The fourth-order valence-electron chi connectivity index (χ4n) is 3.17. The first-order chi connectivity index (χ1) is 13.2. The van der Waals surface area contributed by atoms with Gasteiger partial charge >= 0.3 is 0 Å². The number of nitrogens with one attached hydrogen (secondary N) is 1. The van der Waals surface area contributed by atoms with E-state index < -0.39 is 0 Å². The summed E-state index contributed by atoms with van der Waals surface area (Å²) in [6.45, 7) is 5.48. The van der Waals surface area contributed by atoms with E-state index in [1.165, 1.54) is 0 Å². The highest BCUT2D eigenvalue weighted by Gasteiger charge is 2.14. The van der Waals surface area contributed by atoms with Gasteiger partial charge in [-0.3, -0.25) is 4.79 Å². The summed E-state index contributed by atoms with van der Waals surface area (Å²) in [6.07, 6.45) is 1.68. The number of hydrogen-bond donors (Lipinski definition) is 1. The van der Waals surface area contributed by atoms with E-state index in [2.05, 4.69) is 25.2 Å². The molecule has 0 radical (unpaired) electrons. The topological polar surface area (TPSA) is 85.2 Å². The van der Waals surface area contributed by atoms with E-state index in [1.54, 1.807) is 6.33 Å². The molecule has 0 spiro atoms. The monoisotopic (exact) mass is 366 g/mol. The highest BCUT2D eigenvalue weighted by Crippen LogP contribution is 2.14. The molecule has 4 rings (SSSR count). The molecule has 1 amide bonds. The molecular formula is C19H22N6O2. The van der Waals surface area contributed by atoms with Crippen LogP contribution in [0, 0.1) is 6.92 Å². The number of nitrogens with zero attached hydrogens (tertiary/aromatic N) is 5. The summed E-state index contributed by atoms with van der Waals surface area (Å²) >= 11 is 0. The second-order valence-corrected chi connectivity index (χ2v) is 6.52. The normalized spacial score (nSPS) is 14.5. The number of para-hydroxylation sites is 2. The van der Waals surface area contributed by atoms with Crippen LogP contribution in [-0.2, 0) is 22.6 Å². The Labute approximate surface area is 157 Å². The summed E-state index contributed by atoms with van der Waals surface area (Å²) in [4.78, 5) is 27.9. The number of amides is 1. The second kappa shape index (κ2) is 7.71. The predicted octanol–water partition coefficient (Wildman–Crippen LogP) is 1.29. The first-order valence-corrected chi connectivity index (χ1v) is 9.03. The van der Waals surface area contributed by atoms with E-state index in [1.807, 2.05) is 41.8 Å². The lowest BCUT2D eigenvalue weighted by Crippen LogP contribution is -2.37. The Hall–Kier alpha value is -3.00. The third kappa shape index (κ3) is 4.06. The van der Waals surface area contributed by atoms with Crippen LogP contribution in [0.3, 0.4) is 0 Å². The Morgan fingerprint density at radius 1 is 1.22 bits per heavy atom. The van der Waals surface area contributed by atoms with Gasteiger partial charge < -0.3 is 19.5 Å². The molecule has 0 saturated carbocycles. The van der Waals surface area contributed by atoms with Gasteiger partial charge in [-0.05, 0) is 19.1 Å². The molecule has 140 valence electrons. The van der Waals surface area contributed by atoms with Crippen LogP contribution in [-0.4, -0.2) is 51.7 Å². The van der Waals surface area contributed by atoms with Crippen molar-refractivity contribution in [1.29, 1.82) is 0 Å². The molecule has 3 heterocycles. The summed E-state index contributed by atoms with van der Waals surface area (Å²) in [6, 6.07) is 9.71. The average molecular weight is 366 g/mol. The van der Waals surface area contributed by atoms with Gasteiger partial charge in [0.1, 0.15) is 18.2 Å². The SMILES string of the molecule is Cc1cc(N2CCOCC2)nc(CNC(=O)Cn2cnc3ccccc32)n1. The van der Waals surface area contributed by atoms with Crippen molar-refractivity contribution in [2.75, 3.05) is 31.2 Å². The zero-order valence-corrected chi connectivity index (χ0v) is 15.3. The highest BCUT2D eigenvalue weighted by atomic mass is 16.5. The van der Waals surface area contributed by atoms with Crippen molar-refractivity contribution in [2.24, 2.45) is 0 Å². The number of aryl methyl sites for hydroxylation is 1. The van der Waals surface area contributed by atoms with E-state index in [0.29, 0.717) is 25.6 Å². The summed E-state index contributed by atoms with van der Waals surface area (Å²) in [5, 5.41) is 2.90. The van der Waals surface area contributed by atoms with E-state index in [9.17, 15) is 4.79 Å². The van der Waals surface area contributed by atoms with Crippen LogP contribution in [0.2, 0.25) is 0 Å². The summed E-state index contributed by atoms with van der Waals surface area (Å²) in [7, 11) is 0. The molecule has 2 aromatic heterocycles. The maximum atomic E-state index is 12.4. The summed E-state index contributed by atoms with van der Waals surface area (Å²) in [5.74, 6) is 1.40. The maximum Gasteiger partial charge on any atom is 0.240 e. The van der Waals surface area contributed by atoms with Crippen LogP contribution >= 0.6 is 0 Å². The van der Waals surface area contributed by atoms with Gasteiger partial charge in [0, 0.05) is 24.8 Å². The van der Waals surface area contributed by atoms with E-state index in [4.69, 9.17) is 4.74 Å². The van der Waals surface area contributed by atoms with Crippen LogP contribution in [0.5, 0.6) is 0 Å². The Kier molecular flexibility index (Phi) is 4.97. The lowest BCUT2D eigenvalue weighted by Gasteiger charge is -2.28. The fraction of sp³-hybridized carbons (Fsp3) is 0.368. The van der Waals surface area contributed by atoms with E-state index in [0.717, 1.165) is 35.6 Å². The quantitative estimate of drug-likeness (QED) is 0.732. The number of ether oxygens (including phenoxy) is 1. The van der Waals surface area contributed by atoms with Crippen LogP contribution in [0.4, 0.5) is 5.82 Å². The standard InChI is InChI=1S/C19H22N6O2/c1-14-10-18(24-6-8-27-9-7-24)23-17(22-14)11-20-19(26)12-25-13-21-15-4-2-3-5-16(15)25/h2-5,10,13H,6-9,11-12H2,1H3,(H,20,26). The molecule has 0 bridgehead atoms. The minimum Gasteiger partial charge on any atom is -0.378 e. The number of benzene rings is 1. The van der Waals surface area contributed by atoms with Crippen molar-refractivity contribution in [1.82, 2.24) is 24.8 Å². The lowest BCUT2D eigenvalue weighted by atomic mass is 10.3. The van der Waals surface area contributed by atoms with Gasteiger partial charge in [-0.1, -0.05) is 12.1 Å². The second-order valence-electron chi connectivity index (χ2n) is 6.52. The van der Waals surface area contributed by atoms with Crippen molar-refractivity contribution in [3.8, 4) is 0 Å². The van der Waals surface area contributed by atoms with Crippen molar-refractivity contribution < 1.29 is 9.53 Å². The molecule has 1 N–H and O–H groups in total. The Balaban J connectivity index is 1.40. The smallest absolute Gasteiger partial charge is 0.240 e. The zero-order chi connectivity index (χ0) is 18.6. The molecule has 0 atom stereocenters. The third-order valence-electron chi connectivity index (χ3n) is 4.51. The number of rotatable bonds is 5. The summed E-state index contributed by atoms with van der Waals surface area (Å²) in [5.41, 5.74) is 2.70. The fourth-order valence-corrected chi connectivity index (χ4v) is 3.17.